The molecule has 7 nitrogen and oxygen atoms in total. The summed E-state index contributed by atoms with van der Waals surface area (Å²) in [7, 11) is 0. The van der Waals surface area contributed by atoms with Gasteiger partial charge in [0.05, 0.1) is 19.3 Å². The Hall–Kier alpha value is -2.32. The zero-order valence-electron chi connectivity index (χ0n) is 11.7. The van der Waals surface area contributed by atoms with Gasteiger partial charge in [0, 0.05) is 13.1 Å². The van der Waals surface area contributed by atoms with Crippen molar-refractivity contribution < 1.29 is 18.4 Å². The number of hydrogen-bond acceptors (Lipinski definition) is 6. The average Bonchev–Trinajstić information content (AvgIpc) is 2.97. The van der Waals surface area contributed by atoms with Crippen molar-refractivity contribution in [1.29, 1.82) is 0 Å². The van der Waals surface area contributed by atoms with Gasteiger partial charge in [0.2, 0.25) is 5.89 Å². The fourth-order valence-electron chi connectivity index (χ4n) is 2.34. The molecule has 0 radical (unpaired) electrons. The number of ether oxygens (including phenoxy) is 1. The summed E-state index contributed by atoms with van der Waals surface area (Å²) in [6.45, 7) is 2.26. The number of rotatable bonds is 4. The maximum absolute atomic E-state index is 13.0. The quantitative estimate of drug-likeness (QED) is 0.901. The molecule has 22 heavy (non-hydrogen) atoms. The predicted molar refractivity (Wildman–Crippen MR) is 73.2 cm³/mol. The molecular formula is C14H15FN4O3. The Morgan fingerprint density at radius 2 is 2.18 bits per heavy atom. The molecule has 1 fully saturated rings. The van der Waals surface area contributed by atoms with E-state index < -0.39 is 5.91 Å². The fourth-order valence-corrected chi connectivity index (χ4v) is 2.34. The molecule has 116 valence electrons. The van der Waals surface area contributed by atoms with Crippen LogP contribution in [0.1, 0.15) is 28.2 Å². The minimum Gasteiger partial charge on any atom is -0.371 e. The molecule has 0 spiro atoms. The van der Waals surface area contributed by atoms with E-state index in [-0.39, 0.29) is 17.7 Å². The van der Waals surface area contributed by atoms with Gasteiger partial charge in [-0.15, -0.1) is 0 Å². The largest absolute Gasteiger partial charge is 0.371 e. The summed E-state index contributed by atoms with van der Waals surface area (Å²) < 4.78 is 23.7. The van der Waals surface area contributed by atoms with Gasteiger partial charge in [-0.25, -0.2) is 4.39 Å². The van der Waals surface area contributed by atoms with Crippen molar-refractivity contribution in [3.63, 3.8) is 0 Å². The first-order valence-electron chi connectivity index (χ1n) is 6.83. The second-order valence-corrected chi connectivity index (χ2v) is 5.02. The predicted octanol–water partition coefficient (Wildman–Crippen LogP) is 0.881. The number of nitrogens with two attached hydrogens (primary N) is 1. The van der Waals surface area contributed by atoms with E-state index in [2.05, 4.69) is 15.0 Å². The van der Waals surface area contributed by atoms with Crippen molar-refractivity contribution in [1.82, 2.24) is 15.0 Å². The lowest BCUT2D eigenvalue weighted by Crippen LogP contribution is -2.37. The van der Waals surface area contributed by atoms with Gasteiger partial charge in [-0.1, -0.05) is 17.3 Å². The molecular weight excluding hydrogens is 291 g/mol. The molecule has 0 bridgehead atoms. The third kappa shape index (κ3) is 3.29. The molecule has 1 aromatic carbocycles. The number of morpholine rings is 1. The summed E-state index contributed by atoms with van der Waals surface area (Å²) in [6, 6.07) is 6.24. The van der Waals surface area contributed by atoms with Crippen LogP contribution in [0.15, 0.2) is 28.8 Å². The minimum absolute atomic E-state index is 0.127. The zero-order chi connectivity index (χ0) is 15.5. The Kier molecular flexibility index (Phi) is 4.12. The van der Waals surface area contributed by atoms with Gasteiger partial charge in [-0.05, 0) is 17.7 Å². The van der Waals surface area contributed by atoms with Gasteiger partial charge in [0.25, 0.3) is 11.7 Å². The topological polar surface area (TPSA) is 94.5 Å². The van der Waals surface area contributed by atoms with Gasteiger partial charge in [-0.2, -0.15) is 4.98 Å². The van der Waals surface area contributed by atoms with Crippen LogP contribution in [0.2, 0.25) is 0 Å². The molecule has 1 aliphatic heterocycles. The molecule has 3 rings (SSSR count). The van der Waals surface area contributed by atoms with E-state index in [1.807, 2.05) is 0 Å². The number of carbonyl (C=O) groups excluding carboxylic acids is 1. The monoisotopic (exact) mass is 306 g/mol. The molecule has 2 aromatic rings. The highest BCUT2D eigenvalue weighted by atomic mass is 19.1. The molecule has 1 saturated heterocycles. The van der Waals surface area contributed by atoms with Crippen LogP contribution < -0.4 is 5.73 Å². The van der Waals surface area contributed by atoms with Gasteiger partial charge in [-0.3, -0.25) is 9.69 Å². The smallest absolute Gasteiger partial charge is 0.290 e. The Bertz CT molecular complexity index is 658. The molecule has 0 aliphatic carbocycles. The van der Waals surface area contributed by atoms with Crippen LogP contribution in [0.4, 0.5) is 4.39 Å². The van der Waals surface area contributed by atoms with E-state index in [0.29, 0.717) is 32.1 Å². The van der Waals surface area contributed by atoms with Crippen LogP contribution in [0.3, 0.4) is 0 Å². The average molecular weight is 306 g/mol. The number of hydrogen-bond donors (Lipinski definition) is 1. The fraction of sp³-hybridized carbons (Fsp3) is 0.357. The van der Waals surface area contributed by atoms with Crippen LogP contribution in [-0.4, -0.2) is 40.6 Å². The molecule has 1 atom stereocenters. The van der Waals surface area contributed by atoms with Crippen molar-refractivity contribution in [2.24, 2.45) is 5.73 Å². The van der Waals surface area contributed by atoms with Gasteiger partial charge < -0.3 is 15.0 Å². The van der Waals surface area contributed by atoms with Crippen LogP contribution in [0.5, 0.6) is 0 Å². The number of amides is 1. The van der Waals surface area contributed by atoms with E-state index in [0.717, 1.165) is 5.56 Å². The Balaban J connectivity index is 1.65. The maximum Gasteiger partial charge on any atom is 0.290 e. The van der Waals surface area contributed by atoms with E-state index >= 15 is 0 Å². The van der Waals surface area contributed by atoms with E-state index in [4.69, 9.17) is 15.0 Å². The summed E-state index contributed by atoms with van der Waals surface area (Å²) in [4.78, 5) is 16.9. The second-order valence-electron chi connectivity index (χ2n) is 5.02. The van der Waals surface area contributed by atoms with Crippen LogP contribution >= 0.6 is 0 Å². The lowest BCUT2D eigenvalue weighted by molar-refractivity contribution is -0.0356. The summed E-state index contributed by atoms with van der Waals surface area (Å²) >= 11 is 0. The maximum atomic E-state index is 13.0. The molecule has 1 aliphatic rings. The summed E-state index contributed by atoms with van der Waals surface area (Å²) in [5, 5.41) is 3.51. The molecule has 2 N–H and O–H groups in total. The summed E-state index contributed by atoms with van der Waals surface area (Å²) in [5.41, 5.74) is 5.99. The molecule has 0 unspecified atom stereocenters. The molecule has 1 aromatic heterocycles. The van der Waals surface area contributed by atoms with Crippen molar-refractivity contribution >= 4 is 5.91 Å². The SMILES string of the molecule is NC(=O)c1noc(CN2CCO[C@@H](c3ccc(F)cc3)C2)n1. The number of halogens is 1. The summed E-state index contributed by atoms with van der Waals surface area (Å²) in [6.07, 6.45) is -0.145. The van der Waals surface area contributed by atoms with Crippen LogP contribution in [0, 0.1) is 5.82 Å². The van der Waals surface area contributed by atoms with Gasteiger partial charge in [0.15, 0.2) is 0 Å². The van der Waals surface area contributed by atoms with Crippen molar-refractivity contribution in [3.8, 4) is 0 Å². The number of aromatic nitrogens is 2. The highest BCUT2D eigenvalue weighted by molar-refractivity contribution is 5.88. The van der Waals surface area contributed by atoms with Crippen molar-refractivity contribution in [3.05, 3.63) is 47.4 Å². The second kappa shape index (κ2) is 6.20. The standard InChI is InChI=1S/C14H15FN4O3/c15-10-3-1-9(2-4-10)11-7-19(5-6-21-11)8-12-17-14(13(16)20)18-22-12/h1-4,11H,5-8H2,(H2,16,20)/t11-/m1/s1. The minimum atomic E-state index is -0.721. The number of benzene rings is 1. The molecule has 8 heteroatoms. The highest BCUT2D eigenvalue weighted by Gasteiger charge is 2.24. The van der Waals surface area contributed by atoms with Crippen LogP contribution in [-0.2, 0) is 11.3 Å². The molecule has 0 saturated carbocycles. The first kappa shape index (κ1) is 14.6. The Morgan fingerprint density at radius 1 is 1.41 bits per heavy atom. The third-order valence-corrected chi connectivity index (χ3v) is 3.44. The number of nitrogens with zero attached hydrogens (tertiary/aromatic N) is 3. The van der Waals surface area contributed by atoms with Crippen molar-refractivity contribution in [2.75, 3.05) is 19.7 Å². The number of primary amides is 1. The van der Waals surface area contributed by atoms with E-state index in [1.54, 1.807) is 12.1 Å². The molecule has 2 heterocycles. The molecule has 1 amide bonds. The van der Waals surface area contributed by atoms with Gasteiger partial charge >= 0.3 is 0 Å². The lowest BCUT2D eigenvalue weighted by atomic mass is 10.1. The Labute approximate surface area is 125 Å². The summed E-state index contributed by atoms with van der Waals surface area (Å²) in [5.74, 6) is -0.797. The van der Waals surface area contributed by atoms with Crippen LogP contribution in [0.25, 0.3) is 0 Å². The van der Waals surface area contributed by atoms with E-state index in [1.165, 1.54) is 12.1 Å². The van der Waals surface area contributed by atoms with Crippen molar-refractivity contribution in [2.45, 2.75) is 12.6 Å². The Morgan fingerprint density at radius 3 is 2.86 bits per heavy atom. The third-order valence-electron chi connectivity index (χ3n) is 3.44. The number of carbonyl (C=O) groups is 1. The van der Waals surface area contributed by atoms with E-state index in [9.17, 15) is 9.18 Å². The first-order valence-corrected chi connectivity index (χ1v) is 6.83. The normalized spacial score (nSPS) is 19.2. The zero-order valence-corrected chi connectivity index (χ0v) is 11.7. The highest BCUT2D eigenvalue weighted by Crippen LogP contribution is 2.23. The first-order chi connectivity index (χ1) is 10.6. The lowest BCUT2D eigenvalue weighted by Gasteiger charge is -2.32. The van der Waals surface area contributed by atoms with Gasteiger partial charge in [0.1, 0.15) is 5.82 Å².